The van der Waals surface area contributed by atoms with Crippen LogP contribution in [0.25, 0.3) is 0 Å². The summed E-state index contributed by atoms with van der Waals surface area (Å²) in [7, 11) is 0. The van der Waals surface area contributed by atoms with Crippen molar-refractivity contribution in [3.8, 4) is 5.75 Å². The van der Waals surface area contributed by atoms with E-state index in [0.717, 1.165) is 6.42 Å². The fourth-order valence-corrected chi connectivity index (χ4v) is 1.81. The first kappa shape index (κ1) is 14.8. The van der Waals surface area contributed by atoms with Crippen LogP contribution in [0.3, 0.4) is 0 Å². The van der Waals surface area contributed by atoms with Gasteiger partial charge in [0.05, 0.1) is 0 Å². The molecule has 0 aromatic heterocycles. The number of hydrogen-bond acceptors (Lipinski definition) is 3. The number of halogens is 1. The number of carboxylic acid groups (broad SMARTS) is 1. The first-order valence-corrected chi connectivity index (χ1v) is 6.28. The normalized spacial score (nSPS) is 14.0. The molecule has 0 bridgehead atoms. The number of aliphatic carboxylic acids is 1. The summed E-state index contributed by atoms with van der Waals surface area (Å²) in [6.07, 6.45) is 0.336. The van der Waals surface area contributed by atoms with Crippen LogP contribution >= 0.6 is 11.6 Å². The number of carboxylic acids is 1. The van der Waals surface area contributed by atoms with Gasteiger partial charge in [0.25, 0.3) is 0 Å². The third-order valence-corrected chi connectivity index (χ3v) is 2.79. The maximum atomic E-state index is 11.1. The predicted octanol–water partition coefficient (Wildman–Crippen LogP) is 2.99. The Morgan fingerprint density at radius 1 is 1.56 bits per heavy atom. The lowest BCUT2D eigenvalue weighted by Crippen LogP contribution is -2.27. The summed E-state index contributed by atoms with van der Waals surface area (Å²) < 4.78 is 5.53. The summed E-state index contributed by atoms with van der Waals surface area (Å²) in [6.45, 7) is 3.71. The molecular formula is C13H18ClNO3. The third-order valence-electron chi connectivity index (χ3n) is 2.56. The maximum Gasteiger partial charge on any atom is 0.344 e. The summed E-state index contributed by atoms with van der Waals surface area (Å²) in [5.74, 6) is -0.488. The average molecular weight is 272 g/mol. The summed E-state index contributed by atoms with van der Waals surface area (Å²) in [6, 6.07) is 4.75. The van der Waals surface area contributed by atoms with E-state index in [4.69, 9.17) is 27.2 Å². The Morgan fingerprint density at radius 3 is 2.72 bits per heavy atom. The highest BCUT2D eigenvalue weighted by molar-refractivity contribution is 6.30. The minimum absolute atomic E-state index is 0.269. The van der Waals surface area contributed by atoms with E-state index in [1.807, 2.05) is 6.92 Å². The zero-order valence-electron chi connectivity index (χ0n) is 10.5. The second kappa shape index (κ2) is 6.61. The predicted molar refractivity (Wildman–Crippen MR) is 71.0 cm³/mol. The number of carbonyl (C=O) groups is 1. The fraction of sp³-hybridized carbons (Fsp3) is 0.462. The van der Waals surface area contributed by atoms with Crippen LogP contribution in [-0.4, -0.2) is 17.2 Å². The molecule has 1 aromatic carbocycles. The Hall–Kier alpha value is -1.26. The Morgan fingerprint density at radius 2 is 2.22 bits per heavy atom. The highest BCUT2D eigenvalue weighted by Gasteiger charge is 2.20. The van der Waals surface area contributed by atoms with Crippen LogP contribution in [0.15, 0.2) is 18.2 Å². The van der Waals surface area contributed by atoms with Crippen LogP contribution in [-0.2, 0) is 4.79 Å². The lowest BCUT2D eigenvalue weighted by atomic mass is 10.1. The van der Waals surface area contributed by atoms with Gasteiger partial charge >= 0.3 is 5.97 Å². The van der Waals surface area contributed by atoms with Gasteiger partial charge in [-0.15, -0.1) is 0 Å². The molecule has 100 valence electrons. The van der Waals surface area contributed by atoms with E-state index in [9.17, 15) is 4.79 Å². The molecule has 0 fully saturated rings. The molecule has 0 aliphatic heterocycles. The zero-order valence-corrected chi connectivity index (χ0v) is 11.3. The van der Waals surface area contributed by atoms with Gasteiger partial charge in [-0.1, -0.05) is 24.9 Å². The van der Waals surface area contributed by atoms with Gasteiger partial charge in [0.15, 0.2) is 6.10 Å². The molecular weight excluding hydrogens is 254 g/mol. The number of hydrogen-bond donors (Lipinski definition) is 2. The van der Waals surface area contributed by atoms with Crippen molar-refractivity contribution < 1.29 is 14.6 Å². The number of nitrogens with two attached hydrogens (primary N) is 1. The zero-order chi connectivity index (χ0) is 13.7. The van der Waals surface area contributed by atoms with E-state index in [1.54, 1.807) is 25.1 Å². The first-order valence-electron chi connectivity index (χ1n) is 5.90. The Kier molecular flexibility index (Phi) is 5.44. The molecule has 18 heavy (non-hydrogen) atoms. The molecule has 5 heteroatoms. The molecule has 0 saturated carbocycles. The van der Waals surface area contributed by atoms with E-state index in [2.05, 4.69) is 0 Å². The molecule has 0 heterocycles. The van der Waals surface area contributed by atoms with E-state index < -0.39 is 12.1 Å². The summed E-state index contributed by atoms with van der Waals surface area (Å²) >= 11 is 5.89. The molecule has 0 radical (unpaired) electrons. The van der Waals surface area contributed by atoms with Crippen molar-refractivity contribution in [2.45, 2.75) is 38.8 Å². The van der Waals surface area contributed by atoms with Crippen molar-refractivity contribution in [2.24, 2.45) is 5.73 Å². The number of benzene rings is 1. The molecule has 2 atom stereocenters. The summed E-state index contributed by atoms with van der Waals surface area (Å²) in [5.41, 5.74) is 6.54. The average Bonchev–Trinajstić information content (AvgIpc) is 2.30. The van der Waals surface area contributed by atoms with Crippen molar-refractivity contribution in [1.82, 2.24) is 0 Å². The van der Waals surface area contributed by atoms with Gasteiger partial charge < -0.3 is 15.6 Å². The maximum absolute atomic E-state index is 11.1. The molecule has 0 aliphatic rings. The van der Waals surface area contributed by atoms with Crippen molar-refractivity contribution in [3.05, 3.63) is 28.8 Å². The summed E-state index contributed by atoms with van der Waals surface area (Å²) in [5, 5.41) is 9.62. The largest absolute Gasteiger partial charge is 0.479 e. The SMILES string of the molecule is CCCC(Oc1ccc(Cl)cc1C(C)N)C(=O)O. The molecule has 0 spiro atoms. The quantitative estimate of drug-likeness (QED) is 0.834. The van der Waals surface area contributed by atoms with Gasteiger partial charge in [0, 0.05) is 16.6 Å². The molecule has 0 saturated heterocycles. The third kappa shape index (κ3) is 3.89. The molecule has 1 rings (SSSR count). The standard InChI is InChI=1S/C13H18ClNO3/c1-3-4-12(13(16)17)18-11-6-5-9(14)7-10(11)8(2)15/h5-8,12H,3-4,15H2,1-2H3,(H,16,17). The van der Waals surface area contributed by atoms with E-state index in [0.29, 0.717) is 22.8 Å². The van der Waals surface area contributed by atoms with Gasteiger partial charge in [-0.2, -0.15) is 0 Å². The van der Waals surface area contributed by atoms with Crippen molar-refractivity contribution in [1.29, 1.82) is 0 Å². The van der Waals surface area contributed by atoms with Gasteiger partial charge in [0.2, 0.25) is 0 Å². The molecule has 0 amide bonds. The second-order valence-electron chi connectivity index (χ2n) is 4.20. The number of ether oxygens (including phenoxy) is 1. The highest BCUT2D eigenvalue weighted by atomic mass is 35.5. The molecule has 3 N–H and O–H groups in total. The van der Waals surface area contributed by atoms with Crippen LogP contribution in [0.2, 0.25) is 5.02 Å². The molecule has 0 aliphatic carbocycles. The van der Waals surface area contributed by atoms with Gasteiger partial charge in [-0.3, -0.25) is 0 Å². The van der Waals surface area contributed by atoms with Crippen molar-refractivity contribution in [2.75, 3.05) is 0 Å². The fourth-order valence-electron chi connectivity index (χ4n) is 1.63. The second-order valence-corrected chi connectivity index (χ2v) is 4.64. The van der Waals surface area contributed by atoms with Crippen LogP contribution < -0.4 is 10.5 Å². The van der Waals surface area contributed by atoms with Gasteiger partial charge in [0.1, 0.15) is 5.75 Å². The summed E-state index contributed by atoms with van der Waals surface area (Å²) in [4.78, 5) is 11.1. The minimum Gasteiger partial charge on any atom is -0.479 e. The molecule has 4 nitrogen and oxygen atoms in total. The Balaban J connectivity index is 2.98. The van der Waals surface area contributed by atoms with E-state index >= 15 is 0 Å². The minimum atomic E-state index is -0.970. The lowest BCUT2D eigenvalue weighted by Gasteiger charge is -2.19. The Labute approximate surface area is 112 Å². The van der Waals surface area contributed by atoms with Crippen LogP contribution in [0.1, 0.15) is 38.3 Å². The molecule has 2 unspecified atom stereocenters. The smallest absolute Gasteiger partial charge is 0.344 e. The first-order chi connectivity index (χ1) is 8.45. The van der Waals surface area contributed by atoms with Crippen LogP contribution in [0, 0.1) is 0 Å². The highest BCUT2D eigenvalue weighted by Crippen LogP contribution is 2.28. The lowest BCUT2D eigenvalue weighted by molar-refractivity contribution is -0.145. The van der Waals surface area contributed by atoms with Crippen LogP contribution in [0.5, 0.6) is 5.75 Å². The molecule has 1 aromatic rings. The van der Waals surface area contributed by atoms with Gasteiger partial charge in [-0.25, -0.2) is 4.79 Å². The Bertz CT molecular complexity index is 421. The van der Waals surface area contributed by atoms with Crippen molar-refractivity contribution in [3.63, 3.8) is 0 Å². The van der Waals surface area contributed by atoms with E-state index in [-0.39, 0.29) is 6.04 Å². The van der Waals surface area contributed by atoms with Crippen molar-refractivity contribution >= 4 is 17.6 Å². The topological polar surface area (TPSA) is 72.5 Å². The van der Waals surface area contributed by atoms with E-state index in [1.165, 1.54) is 0 Å². The van der Waals surface area contributed by atoms with Gasteiger partial charge in [-0.05, 0) is 31.5 Å². The monoisotopic (exact) mass is 271 g/mol. The number of rotatable bonds is 6. The van der Waals surface area contributed by atoms with Crippen LogP contribution in [0.4, 0.5) is 0 Å².